The van der Waals surface area contributed by atoms with Gasteiger partial charge in [-0.2, -0.15) is 0 Å². The molecule has 0 saturated heterocycles. The second kappa shape index (κ2) is 7.51. The van der Waals surface area contributed by atoms with E-state index in [9.17, 15) is 8.60 Å². The van der Waals surface area contributed by atoms with Crippen LogP contribution in [-0.2, 0) is 28.9 Å². The van der Waals surface area contributed by atoms with E-state index in [0.717, 1.165) is 11.1 Å². The van der Waals surface area contributed by atoms with E-state index >= 15 is 0 Å². The Bertz CT molecular complexity index is 828. The summed E-state index contributed by atoms with van der Waals surface area (Å²) in [5.41, 5.74) is 3.03. The molecule has 1 atom stereocenters. The smallest absolute Gasteiger partial charge is 0.226 e. The fourth-order valence-corrected chi connectivity index (χ4v) is 3.37. The van der Waals surface area contributed by atoms with Crippen molar-refractivity contribution in [2.24, 2.45) is 0 Å². The van der Waals surface area contributed by atoms with Crippen LogP contribution in [0.1, 0.15) is 16.8 Å². The third-order valence-electron chi connectivity index (χ3n) is 3.48. The third-order valence-corrected chi connectivity index (χ3v) is 4.76. The van der Waals surface area contributed by atoms with Gasteiger partial charge < -0.3 is 9.52 Å². The number of hydrogen-bond donors (Lipinski definition) is 1. The second-order valence-electron chi connectivity index (χ2n) is 5.35. The molecular formula is C18H16FNO3S. The highest BCUT2D eigenvalue weighted by Crippen LogP contribution is 2.20. The Labute approximate surface area is 141 Å². The van der Waals surface area contributed by atoms with Crippen LogP contribution in [0.15, 0.2) is 59.2 Å². The van der Waals surface area contributed by atoms with Crippen molar-refractivity contribution < 1.29 is 18.1 Å². The Morgan fingerprint density at radius 3 is 2.33 bits per heavy atom. The molecule has 0 fully saturated rings. The maximum atomic E-state index is 12.9. The monoisotopic (exact) mass is 345 g/mol. The van der Waals surface area contributed by atoms with Gasteiger partial charge >= 0.3 is 0 Å². The highest BCUT2D eigenvalue weighted by atomic mass is 32.2. The zero-order valence-corrected chi connectivity index (χ0v) is 13.6. The molecule has 124 valence electrons. The van der Waals surface area contributed by atoms with E-state index < -0.39 is 10.8 Å². The predicted molar refractivity (Wildman–Crippen MR) is 89.8 cm³/mol. The quantitative estimate of drug-likeness (QED) is 0.743. The molecular weight excluding hydrogens is 329 g/mol. The molecule has 0 amide bonds. The van der Waals surface area contributed by atoms with Crippen LogP contribution < -0.4 is 0 Å². The Morgan fingerprint density at radius 1 is 1.00 bits per heavy atom. The number of benzene rings is 2. The summed E-state index contributed by atoms with van der Waals surface area (Å²) in [4.78, 5) is 4.30. The number of rotatable bonds is 6. The van der Waals surface area contributed by atoms with Gasteiger partial charge in [-0.1, -0.05) is 24.3 Å². The normalized spacial score (nSPS) is 12.2. The molecule has 0 aliphatic rings. The number of aromatic nitrogens is 1. The molecule has 0 aliphatic carbocycles. The van der Waals surface area contributed by atoms with Crippen LogP contribution in [0.5, 0.6) is 0 Å². The van der Waals surface area contributed by atoms with Gasteiger partial charge in [-0.05, 0) is 35.4 Å². The average molecular weight is 345 g/mol. The molecule has 2 aromatic carbocycles. The summed E-state index contributed by atoms with van der Waals surface area (Å²) in [7, 11) is -1.12. The van der Waals surface area contributed by atoms with Crippen molar-refractivity contribution in [2.75, 3.05) is 0 Å². The van der Waals surface area contributed by atoms with Crippen LogP contribution in [-0.4, -0.2) is 14.3 Å². The molecule has 0 radical (unpaired) electrons. The number of oxazole rings is 1. The molecule has 6 heteroatoms. The fraction of sp³-hybridized carbons (Fsp3) is 0.167. The van der Waals surface area contributed by atoms with Crippen LogP contribution in [0.3, 0.4) is 0 Å². The van der Waals surface area contributed by atoms with Crippen molar-refractivity contribution in [3.05, 3.63) is 77.4 Å². The van der Waals surface area contributed by atoms with E-state index in [0.29, 0.717) is 22.9 Å². The highest BCUT2D eigenvalue weighted by Gasteiger charge is 2.10. The van der Waals surface area contributed by atoms with Gasteiger partial charge in [-0.25, -0.2) is 9.37 Å². The maximum Gasteiger partial charge on any atom is 0.226 e. The first-order valence-electron chi connectivity index (χ1n) is 7.38. The molecule has 0 saturated carbocycles. The van der Waals surface area contributed by atoms with Crippen LogP contribution in [0.4, 0.5) is 4.39 Å². The second-order valence-corrected chi connectivity index (χ2v) is 6.81. The zero-order valence-electron chi connectivity index (χ0n) is 12.8. The third kappa shape index (κ3) is 4.15. The number of aliphatic hydroxyl groups excluding tert-OH is 1. The lowest BCUT2D eigenvalue weighted by molar-refractivity contribution is 0.282. The van der Waals surface area contributed by atoms with E-state index in [-0.39, 0.29) is 18.2 Å². The lowest BCUT2D eigenvalue weighted by Crippen LogP contribution is -2.00. The molecule has 24 heavy (non-hydrogen) atoms. The molecule has 1 aromatic heterocycles. The Hall–Kier alpha value is -2.31. The predicted octanol–water partition coefficient (Wildman–Crippen LogP) is 3.42. The van der Waals surface area contributed by atoms with Crippen molar-refractivity contribution in [2.45, 2.75) is 18.1 Å². The van der Waals surface area contributed by atoms with Crippen LogP contribution in [0.2, 0.25) is 0 Å². The first-order valence-corrected chi connectivity index (χ1v) is 8.87. The standard InChI is InChI=1S/C18H16FNO3S/c19-16-7-5-15(6-8-16)18-20-17(10-23-18)12-24(22)11-14-3-1-13(9-21)2-4-14/h1-8,10,21H,9,11-12H2. The van der Waals surface area contributed by atoms with Crippen molar-refractivity contribution in [1.29, 1.82) is 0 Å². The highest BCUT2D eigenvalue weighted by molar-refractivity contribution is 7.83. The lowest BCUT2D eigenvalue weighted by Gasteiger charge is -2.02. The van der Waals surface area contributed by atoms with Crippen LogP contribution >= 0.6 is 0 Å². The molecule has 3 rings (SSSR count). The van der Waals surface area contributed by atoms with Gasteiger partial charge in [-0.15, -0.1) is 0 Å². The molecule has 3 aromatic rings. The number of hydrogen-bond acceptors (Lipinski definition) is 4. The van der Waals surface area contributed by atoms with Gasteiger partial charge in [0.2, 0.25) is 5.89 Å². The largest absolute Gasteiger partial charge is 0.444 e. The molecule has 4 nitrogen and oxygen atoms in total. The zero-order chi connectivity index (χ0) is 16.9. The maximum absolute atomic E-state index is 12.9. The van der Waals surface area contributed by atoms with Gasteiger partial charge in [-0.3, -0.25) is 4.21 Å². The van der Waals surface area contributed by atoms with Gasteiger partial charge in [0.25, 0.3) is 0 Å². The van der Waals surface area contributed by atoms with Gasteiger partial charge in [0, 0.05) is 22.1 Å². The summed E-state index contributed by atoms with van der Waals surface area (Å²) in [6.45, 7) is -0.00548. The van der Waals surface area contributed by atoms with E-state index in [1.54, 1.807) is 12.1 Å². The van der Waals surface area contributed by atoms with E-state index in [4.69, 9.17) is 9.52 Å². The Kier molecular flexibility index (Phi) is 5.17. The lowest BCUT2D eigenvalue weighted by atomic mass is 10.2. The first kappa shape index (κ1) is 16.5. The van der Waals surface area contributed by atoms with E-state index in [1.807, 2.05) is 24.3 Å². The summed E-state index contributed by atoms with van der Waals surface area (Å²) < 4.78 is 30.6. The molecule has 1 N–H and O–H groups in total. The van der Waals surface area contributed by atoms with Crippen molar-refractivity contribution in [3.63, 3.8) is 0 Å². The van der Waals surface area contributed by atoms with E-state index in [2.05, 4.69) is 4.98 Å². The summed E-state index contributed by atoms with van der Waals surface area (Å²) in [6, 6.07) is 13.2. The first-order chi connectivity index (χ1) is 11.6. The molecule has 0 bridgehead atoms. The minimum absolute atomic E-state index is 0.00548. The number of nitrogens with zero attached hydrogens (tertiary/aromatic N) is 1. The minimum atomic E-state index is -1.12. The molecule has 1 heterocycles. The molecule has 1 unspecified atom stereocenters. The number of aliphatic hydroxyl groups is 1. The summed E-state index contributed by atoms with van der Waals surface area (Å²) in [6.07, 6.45) is 1.48. The molecule has 0 spiro atoms. The summed E-state index contributed by atoms with van der Waals surface area (Å²) in [5.74, 6) is 0.754. The SMILES string of the molecule is O=S(Cc1ccc(CO)cc1)Cc1coc(-c2ccc(F)cc2)n1. The Balaban J connectivity index is 1.63. The Morgan fingerprint density at radius 2 is 1.67 bits per heavy atom. The van der Waals surface area contributed by atoms with E-state index in [1.165, 1.54) is 18.4 Å². The molecule has 0 aliphatic heterocycles. The fourth-order valence-electron chi connectivity index (χ4n) is 2.24. The van der Waals surface area contributed by atoms with Gasteiger partial charge in [0.1, 0.15) is 12.1 Å². The average Bonchev–Trinajstić information content (AvgIpc) is 3.04. The summed E-state index contributed by atoms with van der Waals surface area (Å²) >= 11 is 0. The minimum Gasteiger partial charge on any atom is -0.444 e. The van der Waals surface area contributed by atoms with Crippen molar-refractivity contribution >= 4 is 10.8 Å². The van der Waals surface area contributed by atoms with Crippen LogP contribution in [0.25, 0.3) is 11.5 Å². The summed E-state index contributed by atoms with van der Waals surface area (Å²) in [5, 5.41) is 9.02. The van der Waals surface area contributed by atoms with Crippen LogP contribution in [0, 0.1) is 5.82 Å². The van der Waals surface area contributed by atoms with Gasteiger partial charge in [0.05, 0.1) is 18.1 Å². The van der Waals surface area contributed by atoms with Crippen molar-refractivity contribution in [3.8, 4) is 11.5 Å². The van der Waals surface area contributed by atoms with Gasteiger partial charge in [0.15, 0.2) is 0 Å². The number of halogens is 1. The topological polar surface area (TPSA) is 63.3 Å². The van der Waals surface area contributed by atoms with Crippen molar-refractivity contribution in [1.82, 2.24) is 4.98 Å².